The SMILES string of the molecule is COC(=O)c1ccc(/C=C2\C(=O)N(C)C(=O)[N+](CC(C)C)=C2N)cc1. The van der Waals surface area contributed by atoms with Crippen molar-refractivity contribution in [2.75, 3.05) is 20.7 Å². The number of likely N-dealkylation sites (N-methyl/N-ethyl adjacent to an activating group) is 1. The second kappa shape index (κ2) is 7.29. The van der Waals surface area contributed by atoms with Crippen LogP contribution in [0.25, 0.3) is 6.08 Å². The van der Waals surface area contributed by atoms with Crippen molar-refractivity contribution in [1.82, 2.24) is 4.90 Å². The molecule has 1 heterocycles. The summed E-state index contributed by atoms with van der Waals surface area (Å²) in [6.07, 6.45) is 1.61. The summed E-state index contributed by atoms with van der Waals surface area (Å²) in [4.78, 5) is 37.2. The predicted molar refractivity (Wildman–Crippen MR) is 93.1 cm³/mol. The van der Waals surface area contributed by atoms with Crippen molar-refractivity contribution in [2.45, 2.75) is 13.8 Å². The minimum Gasteiger partial charge on any atom is -0.465 e. The zero-order valence-electron chi connectivity index (χ0n) is 14.8. The molecule has 0 unspecified atom stereocenters. The molecule has 1 aromatic carbocycles. The summed E-state index contributed by atoms with van der Waals surface area (Å²) in [5.41, 5.74) is 7.43. The summed E-state index contributed by atoms with van der Waals surface area (Å²) in [7, 11) is 2.74. The number of nitrogens with two attached hydrogens (primary N) is 1. The Morgan fingerprint density at radius 2 is 1.88 bits per heavy atom. The van der Waals surface area contributed by atoms with E-state index in [0.717, 1.165) is 4.90 Å². The summed E-state index contributed by atoms with van der Waals surface area (Å²) in [5, 5.41) is 0. The highest BCUT2D eigenvalue weighted by atomic mass is 16.5. The Morgan fingerprint density at radius 1 is 1.28 bits per heavy atom. The number of amides is 3. The lowest BCUT2D eigenvalue weighted by Crippen LogP contribution is -2.52. The summed E-state index contributed by atoms with van der Waals surface area (Å²) >= 11 is 0. The van der Waals surface area contributed by atoms with Crippen molar-refractivity contribution in [3.63, 3.8) is 0 Å². The minimum absolute atomic E-state index is 0.138. The molecule has 25 heavy (non-hydrogen) atoms. The Hall–Kier alpha value is -2.96. The molecule has 1 aliphatic heterocycles. The van der Waals surface area contributed by atoms with Gasteiger partial charge in [0.2, 0.25) is 5.84 Å². The second-order valence-corrected chi connectivity index (χ2v) is 6.21. The first kappa shape index (κ1) is 18.4. The molecule has 2 N–H and O–H groups in total. The summed E-state index contributed by atoms with van der Waals surface area (Å²) in [5.74, 6) is -0.560. The van der Waals surface area contributed by atoms with E-state index < -0.39 is 17.9 Å². The molecular formula is C18H22N3O4+. The lowest BCUT2D eigenvalue weighted by molar-refractivity contribution is -0.444. The van der Waals surface area contributed by atoms with Crippen molar-refractivity contribution in [2.24, 2.45) is 11.7 Å². The maximum Gasteiger partial charge on any atom is 0.446 e. The normalized spacial score (nSPS) is 16.8. The monoisotopic (exact) mass is 344 g/mol. The van der Waals surface area contributed by atoms with Crippen LogP contribution >= 0.6 is 0 Å². The Balaban J connectivity index is 2.45. The summed E-state index contributed by atoms with van der Waals surface area (Å²) < 4.78 is 6.06. The molecule has 0 atom stereocenters. The van der Waals surface area contributed by atoms with Gasteiger partial charge in [-0.15, -0.1) is 0 Å². The van der Waals surface area contributed by atoms with E-state index in [1.165, 1.54) is 18.7 Å². The van der Waals surface area contributed by atoms with E-state index in [2.05, 4.69) is 4.74 Å². The first-order valence-corrected chi connectivity index (χ1v) is 7.88. The topological polar surface area (TPSA) is 92.7 Å². The van der Waals surface area contributed by atoms with Gasteiger partial charge >= 0.3 is 17.9 Å². The number of amidine groups is 1. The predicted octanol–water partition coefficient (Wildman–Crippen LogP) is 1.47. The molecule has 0 spiro atoms. The summed E-state index contributed by atoms with van der Waals surface area (Å²) in [6.45, 7) is 4.35. The van der Waals surface area contributed by atoms with Gasteiger partial charge in [-0.3, -0.25) is 0 Å². The highest BCUT2D eigenvalue weighted by molar-refractivity contribution is 6.26. The highest BCUT2D eigenvalue weighted by Gasteiger charge is 2.39. The molecule has 7 nitrogen and oxygen atoms in total. The van der Waals surface area contributed by atoms with Gasteiger partial charge in [-0.05, 0) is 29.7 Å². The average molecular weight is 344 g/mol. The minimum atomic E-state index is -0.459. The van der Waals surface area contributed by atoms with Gasteiger partial charge in [-0.1, -0.05) is 26.0 Å². The van der Waals surface area contributed by atoms with Crippen LogP contribution in [0.15, 0.2) is 29.8 Å². The number of carbonyl (C=O) groups is 3. The summed E-state index contributed by atoms with van der Waals surface area (Å²) in [6, 6.07) is 6.13. The van der Waals surface area contributed by atoms with Gasteiger partial charge in [0.15, 0.2) is 0 Å². The third-order valence-corrected chi connectivity index (χ3v) is 3.81. The molecule has 132 valence electrons. The zero-order chi connectivity index (χ0) is 18.7. The first-order chi connectivity index (χ1) is 11.8. The van der Waals surface area contributed by atoms with Gasteiger partial charge in [0.1, 0.15) is 5.57 Å². The van der Waals surface area contributed by atoms with Crippen molar-refractivity contribution in [1.29, 1.82) is 0 Å². The van der Waals surface area contributed by atoms with Crippen LogP contribution in [0.1, 0.15) is 29.8 Å². The first-order valence-electron chi connectivity index (χ1n) is 7.88. The molecule has 2 rings (SSSR count). The van der Waals surface area contributed by atoms with E-state index in [0.29, 0.717) is 17.7 Å². The fourth-order valence-corrected chi connectivity index (χ4v) is 2.48. The van der Waals surface area contributed by atoms with Gasteiger partial charge in [0.25, 0.3) is 0 Å². The number of hydrogen-bond acceptors (Lipinski definition) is 5. The number of ether oxygens (including phenoxy) is 1. The largest absolute Gasteiger partial charge is 0.465 e. The Labute approximate surface area is 146 Å². The van der Waals surface area contributed by atoms with Gasteiger partial charge in [-0.25, -0.2) is 14.4 Å². The van der Waals surface area contributed by atoms with E-state index in [-0.39, 0.29) is 17.3 Å². The number of hydrogen-bond donors (Lipinski definition) is 1. The van der Waals surface area contributed by atoms with Crippen LogP contribution in [-0.4, -0.2) is 53.9 Å². The second-order valence-electron chi connectivity index (χ2n) is 6.21. The maximum absolute atomic E-state index is 12.4. The third-order valence-electron chi connectivity index (χ3n) is 3.81. The maximum atomic E-state index is 12.4. The van der Waals surface area contributed by atoms with E-state index in [9.17, 15) is 14.4 Å². The fraction of sp³-hybridized carbons (Fsp3) is 0.333. The Bertz CT molecular complexity index is 776. The third kappa shape index (κ3) is 3.76. The zero-order valence-corrected chi connectivity index (χ0v) is 14.8. The highest BCUT2D eigenvalue weighted by Crippen LogP contribution is 2.16. The van der Waals surface area contributed by atoms with E-state index in [1.54, 1.807) is 30.3 Å². The van der Waals surface area contributed by atoms with Crippen molar-refractivity contribution >= 4 is 29.8 Å². The van der Waals surface area contributed by atoms with Gasteiger partial charge < -0.3 is 10.5 Å². The molecule has 0 radical (unpaired) electrons. The molecule has 3 amide bonds. The number of benzene rings is 1. The van der Waals surface area contributed by atoms with Gasteiger partial charge in [-0.2, -0.15) is 9.48 Å². The lowest BCUT2D eigenvalue weighted by Gasteiger charge is -2.22. The number of esters is 1. The van der Waals surface area contributed by atoms with Gasteiger partial charge in [0, 0.05) is 0 Å². The quantitative estimate of drug-likeness (QED) is 0.507. The Kier molecular flexibility index (Phi) is 5.36. The van der Waals surface area contributed by atoms with Crippen LogP contribution in [0.2, 0.25) is 0 Å². The average Bonchev–Trinajstić information content (AvgIpc) is 2.60. The van der Waals surface area contributed by atoms with E-state index in [1.807, 2.05) is 13.8 Å². The smallest absolute Gasteiger partial charge is 0.446 e. The van der Waals surface area contributed by atoms with E-state index >= 15 is 0 Å². The number of rotatable bonds is 4. The van der Waals surface area contributed by atoms with Crippen LogP contribution in [0.3, 0.4) is 0 Å². The molecule has 0 bridgehead atoms. The molecule has 1 aromatic rings. The van der Waals surface area contributed by atoms with Crippen molar-refractivity contribution in [3.05, 3.63) is 41.0 Å². The molecule has 7 heteroatoms. The van der Waals surface area contributed by atoms with Crippen LogP contribution in [0.4, 0.5) is 4.79 Å². The van der Waals surface area contributed by atoms with Crippen LogP contribution < -0.4 is 5.73 Å². The molecule has 0 aliphatic carbocycles. The molecule has 1 aliphatic rings. The van der Waals surface area contributed by atoms with Crippen LogP contribution in [0.5, 0.6) is 0 Å². The number of methoxy groups -OCH3 is 1. The standard InChI is InChI=1S/C18H21N3O4/c1-11(2)10-21-15(19)14(16(22)20(3)18(21)24)9-12-5-7-13(8-6-12)17(23)25-4/h5-9,11,19H,10H2,1-4H3/p+1/b14-9-. The number of imide groups is 1. The Morgan fingerprint density at radius 3 is 2.40 bits per heavy atom. The molecular weight excluding hydrogens is 322 g/mol. The van der Waals surface area contributed by atoms with Crippen molar-refractivity contribution < 1.29 is 23.7 Å². The number of nitrogens with zero attached hydrogens (tertiary/aromatic N) is 2. The molecule has 0 aromatic heterocycles. The van der Waals surface area contributed by atoms with E-state index in [4.69, 9.17) is 5.73 Å². The fourth-order valence-electron chi connectivity index (χ4n) is 2.48. The van der Waals surface area contributed by atoms with Crippen LogP contribution in [-0.2, 0) is 9.53 Å². The molecule has 0 saturated carbocycles. The number of urea groups is 1. The number of carbonyl (C=O) groups excluding carboxylic acids is 3. The van der Waals surface area contributed by atoms with Crippen LogP contribution in [0, 0.1) is 5.92 Å². The molecule has 0 saturated heterocycles. The van der Waals surface area contributed by atoms with Crippen molar-refractivity contribution in [3.8, 4) is 0 Å². The van der Waals surface area contributed by atoms with Gasteiger partial charge in [0.05, 0.1) is 26.3 Å². The molecule has 0 fully saturated rings. The lowest BCUT2D eigenvalue weighted by atomic mass is 10.1.